The van der Waals surface area contributed by atoms with E-state index in [0.29, 0.717) is 6.54 Å². The molecule has 0 saturated carbocycles. The Morgan fingerprint density at radius 1 is 1.03 bits per heavy atom. The lowest BCUT2D eigenvalue weighted by atomic mass is 10.1. The van der Waals surface area contributed by atoms with Crippen molar-refractivity contribution in [1.29, 1.82) is 0 Å². The molecular formula is C26H26N4O2. The van der Waals surface area contributed by atoms with Gasteiger partial charge in [-0.15, -0.1) is 0 Å². The molecule has 162 valence electrons. The minimum Gasteiger partial charge on any atom is -0.345 e. The first kappa shape index (κ1) is 21.3. The molecule has 2 aromatic heterocycles. The van der Waals surface area contributed by atoms with Gasteiger partial charge >= 0.3 is 0 Å². The van der Waals surface area contributed by atoms with Gasteiger partial charge in [-0.05, 0) is 50.6 Å². The van der Waals surface area contributed by atoms with Gasteiger partial charge in [0.05, 0.1) is 24.5 Å². The average molecular weight is 427 g/mol. The minimum absolute atomic E-state index is 0.125. The summed E-state index contributed by atoms with van der Waals surface area (Å²) < 4.78 is 3.41. The third kappa shape index (κ3) is 4.39. The highest BCUT2D eigenvalue weighted by atomic mass is 16.2. The molecule has 0 bridgehead atoms. The van der Waals surface area contributed by atoms with Crippen LogP contribution in [0.25, 0.3) is 5.69 Å². The molecule has 0 spiro atoms. The Kier molecular flexibility index (Phi) is 6.03. The van der Waals surface area contributed by atoms with Crippen LogP contribution in [0.3, 0.4) is 0 Å². The lowest BCUT2D eigenvalue weighted by Crippen LogP contribution is -2.34. The number of pyridine rings is 1. The van der Waals surface area contributed by atoms with Crippen molar-refractivity contribution >= 4 is 5.91 Å². The number of nitrogens with zero attached hydrogens (tertiary/aromatic N) is 3. The molecule has 1 atom stereocenters. The molecule has 0 saturated heterocycles. The summed E-state index contributed by atoms with van der Waals surface area (Å²) in [5, 5.41) is 7.43. The van der Waals surface area contributed by atoms with E-state index in [9.17, 15) is 9.59 Å². The summed E-state index contributed by atoms with van der Waals surface area (Å²) in [7, 11) is 0. The maximum atomic E-state index is 13.0. The van der Waals surface area contributed by atoms with Gasteiger partial charge in [-0.25, -0.2) is 4.68 Å². The van der Waals surface area contributed by atoms with Crippen LogP contribution in [0, 0.1) is 13.8 Å². The molecule has 0 radical (unpaired) electrons. The maximum Gasteiger partial charge on any atom is 0.263 e. The summed E-state index contributed by atoms with van der Waals surface area (Å²) in [6, 6.07) is 20.8. The van der Waals surface area contributed by atoms with E-state index in [4.69, 9.17) is 0 Å². The highest BCUT2D eigenvalue weighted by Gasteiger charge is 2.19. The SMILES string of the molecule is Cc1cccc(Cn2cccc(C(=O)NC(C)c3cnn(-c4ccccc4)c3C)c2=O)c1. The summed E-state index contributed by atoms with van der Waals surface area (Å²) >= 11 is 0. The van der Waals surface area contributed by atoms with Crippen molar-refractivity contribution in [2.24, 2.45) is 0 Å². The Morgan fingerprint density at radius 3 is 2.56 bits per heavy atom. The number of carbonyl (C=O) groups excluding carboxylic acids is 1. The number of benzene rings is 2. The Labute approximate surface area is 187 Å². The Balaban J connectivity index is 1.53. The van der Waals surface area contributed by atoms with Crippen molar-refractivity contribution in [1.82, 2.24) is 19.7 Å². The fourth-order valence-corrected chi connectivity index (χ4v) is 3.87. The number of para-hydroxylation sites is 1. The van der Waals surface area contributed by atoms with E-state index < -0.39 is 5.91 Å². The maximum absolute atomic E-state index is 13.0. The molecule has 32 heavy (non-hydrogen) atoms. The number of aryl methyl sites for hydroxylation is 1. The van der Waals surface area contributed by atoms with Crippen LogP contribution in [-0.2, 0) is 6.54 Å². The van der Waals surface area contributed by atoms with Crippen molar-refractivity contribution in [2.45, 2.75) is 33.4 Å². The lowest BCUT2D eigenvalue weighted by molar-refractivity contribution is 0.0937. The van der Waals surface area contributed by atoms with E-state index >= 15 is 0 Å². The quantitative estimate of drug-likeness (QED) is 0.503. The third-order valence-electron chi connectivity index (χ3n) is 5.56. The van der Waals surface area contributed by atoms with E-state index in [1.807, 2.05) is 80.1 Å². The number of hydrogen-bond donors (Lipinski definition) is 1. The lowest BCUT2D eigenvalue weighted by Gasteiger charge is -2.15. The molecule has 0 aliphatic rings. The molecular weight excluding hydrogens is 400 g/mol. The molecule has 2 heterocycles. The Bertz CT molecular complexity index is 1300. The monoisotopic (exact) mass is 426 g/mol. The van der Waals surface area contributed by atoms with Gasteiger partial charge in [-0.3, -0.25) is 9.59 Å². The van der Waals surface area contributed by atoms with E-state index in [-0.39, 0.29) is 17.2 Å². The van der Waals surface area contributed by atoms with Gasteiger partial charge in [-0.2, -0.15) is 5.10 Å². The molecule has 0 aliphatic heterocycles. The van der Waals surface area contributed by atoms with Gasteiger partial charge in [0.25, 0.3) is 11.5 Å². The Morgan fingerprint density at radius 2 is 1.81 bits per heavy atom. The van der Waals surface area contributed by atoms with Crippen LogP contribution in [-0.4, -0.2) is 20.3 Å². The van der Waals surface area contributed by atoms with Crippen molar-refractivity contribution in [3.63, 3.8) is 0 Å². The van der Waals surface area contributed by atoms with E-state index in [1.165, 1.54) is 0 Å². The molecule has 6 nitrogen and oxygen atoms in total. The van der Waals surface area contributed by atoms with Crippen molar-refractivity contribution in [3.8, 4) is 5.69 Å². The largest absolute Gasteiger partial charge is 0.345 e. The number of hydrogen-bond acceptors (Lipinski definition) is 3. The fourth-order valence-electron chi connectivity index (χ4n) is 3.87. The summed E-state index contributed by atoms with van der Waals surface area (Å²) in [4.78, 5) is 25.9. The minimum atomic E-state index is -0.395. The first-order valence-electron chi connectivity index (χ1n) is 10.6. The zero-order chi connectivity index (χ0) is 22.7. The van der Waals surface area contributed by atoms with Crippen LogP contribution in [0.15, 0.2) is 83.9 Å². The van der Waals surface area contributed by atoms with Crippen molar-refractivity contribution in [3.05, 3.63) is 117 Å². The second kappa shape index (κ2) is 9.06. The zero-order valence-electron chi connectivity index (χ0n) is 18.4. The van der Waals surface area contributed by atoms with Gasteiger partial charge in [0, 0.05) is 17.5 Å². The van der Waals surface area contributed by atoms with E-state index in [1.54, 1.807) is 29.1 Å². The van der Waals surface area contributed by atoms with Crippen LogP contribution in [0.2, 0.25) is 0 Å². The van der Waals surface area contributed by atoms with Gasteiger partial charge in [-0.1, -0.05) is 48.0 Å². The van der Waals surface area contributed by atoms with Crippen LogP contribution < -0.4 is 10.9 Å². The number of nitrogens with one attached hydrogen (secondary N) is 1. The molecule has 6 heteroatoms. The van der Waals surface area contributed by atoms with Crippen molar-refractivity contribution in [2.75, 3.05) is 0 Å². The van der Waals surface area contributed by atoms with Gasteiger partial charge in [0.1, 0.15) is 5.56 Å². The van der Waals surface area contributed by atoms with Gasteiger partial charge < -0.3 is 9.88 Å². The van der Waals surface area contributed by atoms with Gasteiger partial charge in [0.15, 0.2) is 0 Å². The number of rotatable bonds is 6. The van der Waals surface area contributed by atoms with E-state index in [0.717, 1.165) is 28.1 Å². The molecule has 0 aliphatic carbocycles. The molecule has 4 rings (SSSR count). The van der Waals surface area contributed by atoms with Crippen LogP contribution in [0.1, 0.15) is 45.7 Å². The highest BCUT2D eigenvalue weighted by molar-refractivity contribution is 5.94. The Hall–Kier alpha value is -3.93. The normalized spacial score (nSPS) is 11.8. The summed E-state index contributed by atoms with van der Waals surface area (Å²) in [5.74, 6) is -0.395. The average Bonchev–Trinajstić information content (AvgIpc) is 3.17. The second-order valence-electron chi connectivity index (χ2n) is 7.97. The van der Waals surface area contributed by atoms with Gasteiger partial charge in [0.2, 0.25) is 0 Å². The van der Waals surface area contributed by atoms with E-state index in [2.05, 4.69) is 10.4 Å². The first-order chi connectivity index (χ1) is 15.4. The summed E-state index contributed by atoms with van der Waals surface area (Å²) in [5.41, 5.74) is 4.76. The van der Waals surface area contributed by atoms with Crippen LogP contribution in [0.5, 0.6) is 0 Å². The standard InChI is InChI=1S/C26H26N4O2/c1-18-9-7-10-21(15-18)17-29-14-8-13-23(26(29)32)25(31)28-19(2)24-16-27-30(20(24)3)22-11-5-4-6-12-22/h4-16,19H,17H2,1-3H3,(H,28,31). The molecule has 1 unspecified atom stereocenters. The fraction of sp³-hybridized carbons (Fsp3) is 0.192. The van der Waals surface area contributed by atoms with Crippen LogP contribution in [0.4, 0.5) is 0 Å². The number of amides is 1. The van der Waals surface area contributed by atoms with Crippen LogP contribution >= 0.6 is 0 Å². The molecule has 0 fully saturated rings. The molecule has 1 N–H and O–H groups in total. The second-order valence-corrected chi connectivity index (χ2v) is 7.97. The summed E-state index contributed by atoms with van der Waals surface area (Å²) in [6.07, 6.45) is 3.47. The predicted octanol–water partition coefficient (Wildman–Crippen LogP) is 4.19. The third-order valence-corrected chi connectivity index (χ3v) is 5.56. The summed E-state index contributed by atoms with van der Waals surface area (Å²) in [6.45, 7) is 6.29. The molecule has 4 aromatic rings. The number of carbonyl (C=O) groups is 1. The first-order valence-corrected chi connectivity index (χ1v) is 10.6. The topological polar surface area (TPSA) is 68.9 Å². The zero-order valence-corrected chi connectivity index (χ0v) is 18.4. The molecule has 1 amide bonds. The smallest absolute Gasteiger partial charge is 0.263 e. The molecule has 2 aromatic carbocycles. The predicted molar refractivity (Wildman–Crippen MR) is 125 cm³/mol. The highest BCUT2D eigenvalue weighted by Crippen LogP contribution is 2.20. The number of aromatic nitrogens is 3. The van der Waals surface area contributed by atoms with Crippen molar-refractivity contribution < 1.29 is 4.79 Å².